The average molecular weight is 444 g/mol. The number of rotatable bonds is 7. The van der Waals surface area contributed by atoms with Gasteiger partial charge in [0.15, 0.2) is 0 Å². The Morgan fingerprint density at radius 2 is 1.58 bits per heavy atom. The molecule has 2 fully saturated rings. The van der Waals surface area contributed by atoms with Gasteiger partial charge in [0.2, 0.25) is 5.91 Å². The molecule has 33 heavy (non-hydrogen) atoms. The van der Waals surface area contributed by atoms with Gasteiger partial charge in [-0.3, -0.25) is 14.5 Å². The summed E-state index contributed by atoms with van der Waals surface area (Å²) in [6.07, 6.45) is 3.92. The highest BCUT2D eigenvalue weighted by Crippen LogP contribution is 2.39. The SMILES string of the molecule is O=C(CN1CCC(NC(=O)c2cc(C3CC3)nn2-c2ccccc2)CC1)Nc1ccccc1. The van der Waals surface area contributed by atoms with Crippen molar-refractivity contribution in [2.45, 2.75) is 37.6 Å². The Morgan fingerprint density at radius 1 is 0.909 bits per heavy atom. The first-order chi connectivity index (χ1) is 16.2. The van der Waals surface area contributed by atoms with E-state index in [-0.39, 0.29) is 17.9 Å². The third-order valence-corrected chi connectivity index (χ3v) is 6.30. The number of carbonyl (C=O) groups is 2. The number of para-hydroxylation sites is 2. The second-order valence-corrected chi connectivity index (χ2v) is 8.91. The highest BCUT2D eigenvalue weighted by molar-refractivity contribution is 5.93. The molecule has 0 bridgehead atoms. The van der Waals surface area contributed by atoms with Gasteiger partial charge in [-0.05, 0) is 56.0 Å². The molecule has 1 saturated heterocycles. The van der Waals surface area contributed by atoms with Crippen molar-refractivity contribution in [1.82, 2.24) is 20.0 Å². The summed E-state index contributed by atoms with van der Waals surface area (Å²) < 4.78 is 1.77. The van der Waals surface area contributed by atoms with Gasteiger partial charge >= 0.3 is 0 Å². The molecule has 2 N–H and O–H groups in total. The summed E-state index contributed by atoms with van der Waals surface area (Å²) in [4.78, 5) is 27.6. The molecule has 1 aromatic heterocycles. The van der Waals surface area contributed by atoms with Crippen molar-refractivity contribution in [3.8, 4) is 5.69 Å². The smallest absolute Gasteiger partial charge is 0.270 e. The zero-order valence-corrected chi connectivity index (χ0v) is 18.6. The Balaban J connectivity index is 1.17. The van der Waals surface area contributed by atoms with E-state index in [4.69, 9.17) is 5.10 Å². The van der Waals surface area contributed by atoms with E-state index in [1.165, 1.54) is 0 Å². The lowest BCUT2D eigenvalue weighted by Crippen LogP contribution is -2.46. The van der Waals surface area contributed by atoms with Crippen LogP contribution in [0.3, 0.4) is 0 Å². The number of piperidine rings is 1. The molecule has 2 aliphatic rings. The maximum Gasteiger partial charge on any atom is 0.270 e. The maximum atomic E-state index is 13.2. The molecule has 0 spiro atoms. The monoisotopic (exact) mass is 443 g/mol. The number of hydrogen-bond donors (Lipinski definition) is 2. The molecule has 0 unspecified atom stereocenters. The van der Waals surface area contributed by atoms with Crippen LogP contribution in [0.5, 0.6) is 0 Å². The molecule has 7 heteroatoms. The Bertz CT molecular complexity index is 1100. The van der Waals surface area contributed by atoms with Gasteiger partial charge in [0, 0.05) is 30.7 Å². The number of nitrogens with zero attached hydrogens (tertiary/aromatic N) is 3. The van der Waals surface area contributed by atoms with Gasteiger partial charge in [-0.25, -0.2) is 4.68 Å². The van der Waals surface area contributed by atoms with Crippen LogP contribution in [0.15, 0.2) is 66.7 Å². The summed E-state index contributed by atoms with van der Waals surface area (Å²) in [5.41, 5.74) is 3.30. The van der Waals surface area contributed by atoms with Crippen molar-refractivity contribution in [2.24, 2.45) is 0 Å². The number of carbonyl (C=O) groups excluding carboxylic acids is 2. The van der Waals surface area contributed by atoms with E-state index in [0.29, 0.717) is 18.2 Å². The van der Waals surface area contributed by atoms with Crippen LogP contribution in [0.1, 0.15) is 47.8 Å². The molecule has 2 aromatic carbocycles. The van der Waals surface area contributed by atoms with Crippen LogP contribution in [-0.2, 0) is 4.79 Å². The highest BCUT2D eigenvalue weighted by atomic mass is 16.2. The van der Waals surface area contributed by atoms with Crippen LogP contribution in [0, 0.1) is 0 Å². The van der Waals surface area contributed by atoms with Gasteiger partial charge in [0.25, 0.3) is 5.91 Å². The average Bonchev–Trinajstić information content (AvgIpc) is 3.59. The zero-order chi connectivity index (χ0) is 22.6. The molecule has 2 amide bonds. The molecular weight excluding hydrogens is 414 g/mol. The fourth-order valence-corrected chi connectivity index (χ4v) is 4.33. The van der Waals surface area contributed by atoms with Crippen LogP contribution >= 0.6 is 0 Å². The number of anilines is 1. The second kappa shape index (κ2) is 9.58. The summed E-state index contributed by atoms with van der Waals surface area (Å²) in [5.74, 6) is 0.383. The lowest BCUT2D eigenvalue weighted by molar-refractivity contribution is -0.117. The van der Waals surface area contributed by atoms with E-state index in [9.17, 15) is 9.59 Å². The largest absolute Gasteiger partial charge is 0.348 e. The van der Waals surface area contributed by atoms with E-state index in [1.807, 2.05) is 66.7 Å². The van der Waals surface area contributed by atoms with Crippen LogP contribution in [-0.4, -0.2) is 52.2 Å². The fraction of sp³-hybridized carbons (Fsp3) is 0.346. The van der Waals surface area contributed by atoms with Gasteiger partial charge < -0.3 is 10.6 Å². The van der Waals surface area contributed by atoms with Crippen LogP contribution in [0.2, 0.25) is 0 Å². The van der Waals surface area contributed by atoms with Gasteiger partial charge in [-0.2, -0.15) is 5.10 Å². The second-order valence-electron chi connectivity index (χ2n) is 8.91. The molecular formula is C26H29N5O2. The molecule has 1 saturated carbocycles. The number of nitrogens with one attached hydrogen (secondary N) is 2. The van der Waals surface area contributed by atoms with Crippen molar-refractivity contribution in [3.63, 3.8) is 0 Å². The number of hydrogen-bond acceptors (Lipinski definition) is 4. The maximum absolute atomic E-state index is 13.2. The standard InChI is InChI=1S/C26H29N5O2/c32-25(27-20-7-3-1-4-8-20)18-30-15-13-21(14-16-30)28-26(33)24-17-23(19-11-12-19)29-31(24)22-9-5-2-6-10-22/h1-10,17,19,21H,11-16,18H2,(H,27,32)(H,28,33). The third-order valence-electron chi connectivity index (χ3n) is 6.30. The zero-order valence-electron chi connectivity index (χ0n) is 18.6. The summed E-state index contributed by atoms with van der Waals surface area (Å²) in [6, 6.07) is 21.4. The summed E-state index contributed by atoms with van der Waals surface area (Å²) in [7, 11) is 0. The molecule has 170 valence electrons. The number of aromatic nitrogens is 2. The van der Waals surface area contributed by atoms with Crippen LogP contribution < -0.4 is 10.6 Å². The van der Waals surface area contributed by atoms with E-state index in [0.717, 1.165) is 55.8 Å². The third kappa shape index (κ3) is 5.31. The predicted molar refractivity (Wildman–Crippen MR) is 128 cm³/mol. The quantitative estimate of drug-likeness (QED) is 0.585. The minimum atomic E-state index is -0.0847. The van der Waals surface area contributed by atoms with Crippen molar-refractivity contribution >= 4 is 17.5 Å². The lowest BCUT2D eigenvalue weighted by atomic mass is 10.0. The topological polar surface area (TPSA) is 79.3 Å². The Morgan fingerprint density at radius 3 is 2.24 bits per heavy atom. The van der Waals surface area contributed by atoms with E-state index in [2.05, 4.69) is 15.5 Å². The molecule has 0 atom stereocenters. The first kappa shape index (κ1) is 21.4. The number of likely N-dealkylation sites (tertiary alicyclic amines) is 1. The Labute approximate surface area is 193 Å². The van der Waals surface area contributed by atoms with Gasteiger partial charge in [0.05, 0.1) is 17.9 Å². The number of amides is 2. The van der Waals surface area contributed by atoms with Crippen molar-refractivity contribution < 1.29 is 9.59 Å². The highest BCUT2D eigenvalue weighted by Gasteiger charge is 2.30. The fourth-order valence-electron chi connectivity index (χ4n) is 4.33. The summed E-state index contributed by atoms with van der Waals surface area (Å²) >= 11 is 0. The van der Waals surface area contributed by atoms with Crippen molar-refractivity contribution in [2.75, 3.05) is 25.0 Å². The molecule has 1 aliphatic heterocycles. The van der Waals surface area contributed by atoms with E-state index >= 15 is 0 Å². The van der Waals surface area contributed by atoms with Crippen LogP contribution in [0.4, 0.5) is 5.69 Å². The first-order valence-corrected chi connectivity index (χ1v) is 11.7. The summed E-state index contributed by atoms with van der Waals surface area (Å²) in [6.45, 7) is 1.91. The lowest BCUT2D eigenvalue weighted by Gasteiger charge is -2.31. The van der Waals surface area contributed by atoms with Gasteiger partial charge in [0.1, 0.15) is 5.69 Å². The predicted octanol–water partition coefficient (Wildman–Crippen LogP) is 3.58. The van der Waals surface area contributed by atoms with E-state index < -0.39 is 0 Å². The van der Waals surface area contributed by atoms with E-state index in [1.54, 1.807) is 4.68 Å². The van der Waals surface area contributed by atoms with Crippen molar-refractivity contribution in [3.05, 3.63) is 78.1 Å². The normalized spacial score (nSPS) is 17.0. The van der Waals surface area contributed by atoms with Gasteiger partial charge in [-0.15, -0.1) is 0 Å². The van der Waals surface area contributed by atoms with Crippen LogP contribution in [0.25, 0.3) is 5.69 Å². The van der Waals surface area contributed by atoms with Crippen molar-refractivity contribution in [1.29, 1.82) is 0 Å². The molecule has 3 aromatic rings. The molecule has 0 radical (unpaired) electrons. The Hall–Kier alpha value is -3.45. The molecule has 2 heterocycles. The van der Waals surface area contributed by atoms with Gasteiger partial charge in [-0.1, -0.05) is 36.4 Å². The molecule has 7 nitrogen and oxygen atoms in total. The molecule has 5 rings (SSSR count). The summed E-state index contributed by atoms with van der Waals surface area (Å²) in [5, 5.41) is 10.9. The minimum absolute atomic E-state index is 0.0111. The Kier molecular flexibility index (Phi) is 6.21. The number of benzene rings is 2. The minimum Gasteiger partial charge on any atom is -0.348 e. The molecule has 1 aliphatic carbocycles. The first-order valence-electron chi connectivity index (χ1n) is 11.7.